The number of aromatic nitrogens is 2. The number of fused-ring (bicyclic) bond motifs is 1. The molecule has 0 bridgehead atoms. The van der Waals surface area contributed by atoms with Crippen molar-refractivity contribution in [3.63, 3.8) is 0 Å². The zero-order valence-corrected chi connectivity index (χ0v) is 25.4. The molecule has 232 valence electrons. The van der Waals surface area contributed by atoms with Gasteiger partial charge in [0.1, 0.15) is 29.0 Å². The number of nitrogens with one attached hydrogen (secondary N) is 1. The number of likely N-dealkylation sites (tertiary alicyclic amines) is 1. The molecule has 2 aromatic carbocycles. The van der Waals surface area contributed by atoms with E-state index in [9.17, 15) is 10.1 Å². The van der Waals surface area contributed by atoms with Crippen molar-refractivity contribution >= 4 is 22.6 Å². The first-order valence-electron chi connectivity index (χ1n) is 14.9. The topological polar surface area (TPSA) is 104 Å². The minimum absolute atomic E-state index is 0.0270. The second kappa shape index (κ2) is 13.8. The molecule has 0 aliphatic carbocycles. The van der Waals surface area contributed by atoms with Crippen LogP contribution in [-0.2, 0) is 20.8 Å². The van der Waals surface area contributed by atoms with E-state index in [0.29, 0.717) is 59.7 Å². The number of piperidine rings is 1. The highest BCUT2D eigenvalue weighted by molar-refractivity contribution is 5.92. The van der Waals surface area contributed by atoms with Gasteiger partial charge in [-0.3, -0.25) is 19.6 Å². The van der Waals surface area contributed by atoms with Gasteiger partial charge in [-0.25, -0.2) is 13.8 Å². The van der Waals surface area contributed by atoms with Crippen LogP contribution in [0.2, 0.25) is 0 Å². The molecule has 0 unspecified atom stereocenters. The molecule has 9 nitrogen and oxygen atoms in total. The van der Waals surface area contributed by atoms with Gasteiger partial charge < -0.3 is 14.8 Å². The van der Waals surface area contributed by atoms with Crippen molar-refractivity contribution in [3.05, 3.63) is 65.6 Å². The molecule has 2 aliphatic heterocycles. The number of para-hydroxylation sites is 1. The van der Waals surface area contributed by atoms with Crippen LogP contribution < -0.4 is 5.32 Å². The number of esters is 1. The summed E-state index contributed by atoms with van der Waals surface area (Å²) in [6.07, 6.45) is 4.76. The van der Waals surface area contributed by atoms with Gasteiger partial charge in [0.05, 0.1) is 42.6 Å². The predicted molar refractivity (Wildman–Crippen MR) is 163 cm³/mol. The molecule has 2 aliphatic rings. The van der Waals surface area contributed by atoms with Crippen LogP contribution in [0.25, 0.3) is 27.7 Å². The number of ether oxygens (including phenoxy) is 2. The molecule has 0 atom stereocenters. The number of nitrogens with zero attached hydrogens (tertiary/aromatic N) is 5. The van der Waals surface area contributed by atoms with Crippen molar-refractivity contribution < 1.29 is 23.0 Å². The number of nitriles is 1. The Balaban J connectivity index is 1.30. The monoisotopic (exact) mass is 604 g/mol. The van der Waals surface area contributed by atoms with Gasteiger partial charge in [0.25, 0.3) is 0 Å². The average molecular weight is 605 g/mol. The summed E-state index contributed by atoms with van der Waals surface area (Å²) in [5.41, 5.74) is 2.03. The Kier molecular flexibility index (Phi) is 9.84. The second-order valence-corrected chi connectivity index (χ2v) is 12.2. The van der Waals surface area contributed by atoms with Crippen molar-refractivity contribution in [3.8, 4) is 17.2 Å². The third-order valence-corrected chi connectivity index (χ3v) is 7.73. The fraction of sp³-hybridized carbons (Fsp3) is 0.455. The van der Waals surface area contributed by atoms with Gasteiger partial charge in [-0.15, -0.1) is 0 Å². The minimum atomic E-state index is -0.619. The number of hydrogen-bond donors (Lipinski definition) is 1. The van der Waals surface area contributed by atoms with E-state index in [0.717, 1.165) is 25.9 Å². The average Bonchev–Trinajstić information content (AvgIpc) is 2.99. The Morgan fingerprint density at radius 3 is 2.50 bits per heavy atom. The molecule has 2 saturated heterocycles. The van der Waals surface area contributed by atoms with Crippen molar-refractivity contribution in [1.29, 1.82) is 5.26 Å². The van der Waals surface area contributed by atoms with Gasteiger partial charge in [-0.1, -0.05) is 12.1 Å². The van der Waals surface area contributed by atoms with Crippen LogP contribution in [0.5, 0.6) is 0 Å². The Bertz CT molecular complexity index is 1540. The summed E-state index contributed by atoms with van der Waals surface area (Å²) in [5, 5.41) is 13.3. The first-order valence-corrected chi connectivity index (χ1v) is 14.9. The molecular weight excluding hydrogens is 566 g/mol. The number of halogens is 2. The highest BCUT2D eigenvalue weighted by Gasteiger charge is 2.24. The van der Waals surface area contributed by atoms with Crippen LogP contribution in [0.1, 0.15) is 44.9 Å². The Morgan fingerprint density at radius 1 is 1.14 bits per heavy atom. The lowest BCUT2D eigenvalue weighted by molar-refractivity contribution is -0.156. The molecular formula is C33H38F2N6O3. The number of rotatable bonds is 8. The second-order valence-electron chi connectivity index (χ2n) is 12.2. The molecule has 5 rings (SSSR count). The van der Waals surface area contributed by atoms with Crippen LogP contribution in [0, 0.1) is 23.0 Å². The van der Waals surface area contributed by atoms with E-state index in [-0.39, 0.29) is 30.7 Å². The van der Waals surface area contributed by atoms with E-state index < -0.39 is 17.2 Å². The molecule has 2 fully saturated rings. The third kappa shape index (κ3) is 7.94. The normalized spacial score (nSPS) is 17.4. The van der Waals surface area contributed by atoms with Crippen molar-refractivity contribution in [1.82, 2.24) is 25.1 Å². The Labute approximate surface area is 256 Å². The van der Waals surface area contributed by atoms with Gasteiger partial charge in [0, 0.05) is 56.1 Å². The molecule has 3 aromatic rings. The zero-order valence-electron chi connectivity index (χ0n) is 25.4. The largest absolute Gasteiger partial charge is 0.459 e. The van der Waals surface area contributed by atoms with Crippen molar-refractivity contribution in [2.75, 3.05) is 45.9 Å². The fourth-order valence-electron chi connectivity index (χ4n) is 5.47. The summed E-state index contributed by atoms with van der Waals surface area (Å²) in [5.74, 6) is -1.47. The summed E-state index contributed by atoms with van der Waals surface area (Å²) in [7, 11) is 0. The number of carbonyl (C=O) groups is 1. The van der Waals surface area contributed by atoms with Crippen LogP contribution in [0.3, 0.4) is 0 Å². The van der Waals surface area contributed by atoms with Gasteiger partial charge in [0.15, 0.2) is 0 Å². The van der Waals surface area contributed by atoms with Gasteiger partial charge in [-0.2, -0.15) is 5.26 Å². The van der Waals surface area contributed by atoms with Crippen LogP contribution in [0.15, 0.2) is 42.7 Å². The van der Waals surface area contributed by atoms with E-state index in [4.69, 9.17) is 14.5 Å². The summed E-state index contributed by atoms with van der Waals surface area (Å²) in [6.45, 7) is 9.77. The molecule has 0 saturated carbocycles. The molecule has 0 radical (unpaired) electrons. The number of benzene rings is 2. The first kappa shape index (κ1) is 31.4. The summed E-state index contributed by atoms with van der Waals surface area (Å²) in [6, 6.07) is 10.3. The molecule has 3 heterocycles. The smallest absolute Gasteiger partial charge is 0.320 e. The number of carbonyl (C=O) groups excluding carboxylic acids is 1. The standard InChI is InChI=1S/C33H38F2N6O3/c1-33(2,3)44-31(42)21-40-9-7-24(8-10-40)37-18-23(17-36)30-19-38-29-6-4-5-25(32(29)39-30)22-15-27(34)26(28(35)16-22)20-41-11-13-43-14-12-41/h4-6,15-16,18-19,24,37H,7-14,20-21H2,1-3H3. The van der Waals surface area contributed by atoms with Gasteiger partial charge in [-0.05, 0) is 57.4 Å². The maximum atomic E-state index is 15.2. The predicted octanol–water partition coefficient (Wildman–Crippen LogP) is 4.67. The SMILES string of the molecule is CC(C)(C)OC(=O)CN1CCC(NC=C(C#N)c2cnc3cccc(-c4cc(F)c(CN5CCOCC5)c(F)c4)c3n2)CC1. The van der Waals surface area contributed by atoms with E-state index in [2.05, 4.69) is 21.3 Å². The first-order chi connectivity index (χ1) is 21.1. The highest BCUT2D eigenvalue weighted by Crippen LogP contribution is 2.30. The molecule has 11 heteroatoms. The van der Waals surface area contributed by atoms with Crippen LogP contribution in [-0.4, -0.2) is 83.3 Å². The quantitative estimate of drug-likeness (QED) is 0.290. The number of hydrogen-bond acceptors (Lipinski definition) is 9. The maximum Gasteiger partial charge on any atom is 0.320 e. The Hall–Kier alpha value is -3.98. The molecule has 44 heavy (non-hydrogen) atoms. The summed E-state index contributed by atoms with van der Waals surface area (Å²) >= 11 is 0. The molecule has 0 amide bonds. The lowest BCUT2D eigenvalue weighted by Gasteiger charge is -2.32. The lowest BCUT2D eigenvalue weighted by Crippen LogP contribution is -2.44. The van der Waals surface area contributed by atoms with E-state index >= 15 is 8.78 Å². The van der Waals surface area contributed by atoms with Crippen molar-refractivity contribution in [2.45, 2.75) is 51.8 Å². The minimum Gasteiger partial charge on any atom is -0.459 e. The molecule has 0 spiro atoms. The maximum absolute atomic E-state index is 15.2. The molecule has 1 aromatic heterocycles. The summed E-state index contributed by atoms with van der Waals surface area (Å²) < 4.78 is 41.2. The highest BCUT2D eigenvalue weighted by atomic mass is 19.1. The number of morpholine rings is 1. The van der Waals surface area contributed by atoms with Gasteiger partial charge in [0.2, 0.25) is 0 Å². The number of allylic oxidation sites excluding steroid dienone is 1. The Morgan fingerprint density at radius 2 is 1.84 bits per heavy atom. The van der Waals surface area contributed by atoms with Crippen LogP contribution >= 0.6 is 0 Å². The van der Waals surface area contributed by atoms with E-state index in [1.165, 1.54) is 18.3 Å². The third-order valence-electron chi connectivity index (χ3n) is 7.73. The van der Waals surface area contributed by atoms with Gasteiger partial charge >= 0.3 is 5.97 Å². The summed E-state index contributed by atoms with van der Waals surface area (Å²) in [4.78, 5) is 25.4. The van der Waals surface area contributed by atoms with Crippen LogP contribution in [0.4, 0.5) is 8.78 Å². The van der Waals surface area contributed by atoms with E-state index in [1.54, 1.807) is 24.4 Å². The van der Waals surface area contributed by atoms with Crippen molar-refractivity contribution in [2.24, 2.45) is 0 Å². The lowest BCUT2D eigenvalue weighted by atomic mass is 10.0. The van der Waals surface area contributed by atoms with E-state index in [1.807, 2.05) is 25.7 Å². The zero-order chi connectivity index (χ0) is 31.3. The molecule has 1 N–H and O–H groups in total. The fourth-order valence-corrected chi connectivity index (χ4v) is 5.47.